The van der Waals surface area contributed by atoms with Crippen LogP contribution in [0, 0.1) is 5.92 Å². The van der Waals surface area contributed by atoms with Crippen molar-refractivity contribution in [1.29, 1.82) is 0 Å². The van der Waals surface area contributed by atoms with Crippen molar-refractivity contribution in [3.8, 4) is 0 Å². The molecule has 3 rings (SSSR count). The van der Waals surface area contributed by atoms with Crippen molar-refractivity contribution in [2.24, 2.45) is 5.92 Å². The molecule has 2 aromatic rings. The van der Waals surface area contributed by atoms with Crippen molar-refractivity contribution in [3.63, 3.8) is 0 Å². The van der Waals surface area contributed by atoms with Crippen LogP contribution in [0.2, 0.25) is 5.28 Å². The Bertz CT molecular complexity index is 668. The molecule has 1 aromatic heterocycles. The third kappa shape index (κ3) is 2.62. The van der Waals surface area contributed by atoms with Crippen molar-refractivity contribution in [1.82, 2.24) is 9.55 Å². The van der Waals surface area contributed by atoms with Gasteiger partial charge < -0.3 is 9.30 Å². The van der Waals surface area contributed by atoms with Gasteiger partial charge in [-0.25, -0.2) is 4.98 Å². The Morgan fingerprint density at radius 1 is 1.38 bits per heavy atom. The first kappa shape index (κ1) is 14.7. The normalized spacial score (nSPS) is 23.7. The molecular weight excluding hydrogens is 305 g/mol. The van der Waals surface area contributed by atoms with E-state index in [1.54, 1.807) is 0 Å². The van der Waals surface area contributed by atoms with Gasteiger partial charge >= 0.3 is 6.18 Å². The maximum atomic E-state index is 12.8. The maximum Gasteiger partial charge on any atom is 0.416 e. The summed E-state index contributed by atoms with van der Waals surface area (Å²) in [6, 6.07) is 3.65. The van der Waals surface area contributed by atoms with Crippen molar-refractivity contribution < 1.29 is 17.9 Å². The lowest BCUT2D eigenvalue weighted by Gasteiger charge is -2.30. The highest BCUT2D eigenvalue weighted by Crippen LogP contribution is 2.36. The number of nitrogens with zero attached hydrogens (tertiary/aromatic N) is 2. The first-order valence-electron chi connectivity index (χ1n) is 6.70. The summed E-state index contributed by atoms with van der Waals surface area (Å²) in [5, 5.41) is 0.225. The Morgan fingerprint density at radius 2 is 2.14 bits per heavy atom. The average Bonchev–Trinajstić information content (AvgIpc) is 2.73. The van der Waals surface area contributed by atoms with E-state index < -0.39 is 11.7 Å². The van der Waals surface area contributed by atoms with Gasteiger partial charge in [-0.3, -0.25) is 0 Å². The van der Waals surface area contributed by atoms with E-state index >= 15 is 0 Å². The van der Waals surface area contributed by atoms with Crippen LogP contribution in [0.1, 0.15) is 24.9 Å². The molecule has 3 nitrogen and oxygen atoms in total. The Hall–Kier alpha value is -1.27. The average molecular weight is 319 g/mol. The summed E-state index contributed by atoms with van der Waals surface area (Å²) in [6.07, 6.45) is -3.61. The van der Waals surface area contributed by atoms with Crippen LogP contribution in [0.15, 0.2) is 18.2 Å². The van der Waals surface area contributed by atoms with Gasteiger partial charge in [0.25, 0.3) is 0 Å². The third-order valence-electron chi connectivity index (χ3n) is 3.90. The lowest BCUT2D eigenvalue weighted by atomic mass is 9.97. The van der Waals surface area contributed by atoms with Crippen molar-refractivity contribution in [2.75, 3.05) is 13.2 Å². The molecule has 1 aromatic carbocycles. The molecule has 1 fully saturated rings. The molecule has 0 amide bonds. The number of imidazole rings is 1. The van der Waals surface area contributed by atoms with E-state index in [1.165, 1.54) is 6.07 Å². The predicted octanol–water partition coefficient (Wildman–Crippen LogP) is 4.31. The van der Waals surface area contributed by atoms with Gasteiger partial charge in [0.1, 0.15) is 0 Å². The summed E-state index contributed by atoms with van der Waals surface area (Å²) in [7, 11) is 0. The zero-order chi connectivity index (χ0) is 15.2. The summed E-state index contributed by atoms with van der Waals surface area (Å²) in [6.45, 7) is 3.27. The molecule has 0 bridgehead atoms. The summed E-state index contributed by atoms with van der Waals surface area (Å²) in [4.78, 5) is 4.08. The number of rotatable bonds is 1. The van der Waals surface area contributed by atoms with Gasteiger partial charge in [-0.05, 0) is 36.2 Å². The number of hydrogen-bond donors (Lipinski definition) is 0. The van der Waals surface area contributed by atoms with Crippen LogP contribution >= 0.6 is 11.6 Å². The van der Waals surface area contributed by atoms with Gasteiger partial charge in [-0.1, -0.05) is 6.92 Å². The van der Waals surface area contributed by atoms with Crippen LogP contribution in [-0.4, -0.2) is 22.8 Å². The summed E-state index contributed by atoms with van der Waals surface area (Å²) in [5.74, 6) is 0.232. The fraction of sp³-hybridized carbons (Fsp3) is 0.500. The van der Waals surface area contributed by atoms with Gasteiger partial charge in [0.2, 0.25) is 5.28 Å². The van der Waals surface area contributed by atoms with Gasteiger partial charge in [-0.15, -0.1) is 0 Å². The highest BCUT2D eigenvalue weighted by molar-refractivity contribution is 6.29. The Labute approximate surface area is 124 Å². The van der Waals surface area contributed by atoms with Crippen LogP contribution in [-0.2, 0) is 10.9 Å². The fourth-order valence-electron chi connectivity index (χ4n) is 2.81. The molecular formula is C14H14ClF3N2O. The van der Waals surface area contributed by atoms with Crippen LogP contribution < -0.4 is 0 Å². The minimum absolute atomic E-state index is 0.0907. The molecule has 1 aliphatic rings. The number of hydrogen-bond acceptors (Lipinski definition) is 2. The molecule has 7 heteroatoms. The van der Waals surface area contributed by atoms with Gasteiger partial charge in [0, 0.05) is 18.6 Å². The zero-order valence-corrected chi connectivity index (χ0v) is 12.1. The van der Waals surface area contributed by atoms with E-state index in [9.17, 15) is 13.2 Å². The topological polar surface area (TPSA) is 27.1 Å². The molecule has 0 saturated carbocycles. The lowest BCUT2D eigenvalue weighted by molar-refractivity contribution is -0.137. The zero-order valence-electron chi connectivity index (χ0n) is 11.3. The van der Waals surface area contributed by atoms with E-state index in [0.29, 0.717) is 18.7 Å². The second-order valence-corrected chi connectivity index (χ2v) is 5.70. The molecule has 0 aliphatic carbocycles. The number of alkyl halides is 3. The standard InChI is InChI=1S/C14H14ClF3N2O/c1-8-7-21-5-4-11(8)20-12-3-2-9(14(16,17)18)6-10(12)19-13(20)15/h2-3,6,8,11H,4-5,7H2,1H3/t8-,11-/m0/s1. The van der Waals surface area contributed by atoms with E-state index in [1.807, 2.05) is 11.5 Å². The van der Waals surface area contributed by atoms with Crippen molar-refractivity contribution in [3.05, 3.63) is 29.0 Å². The minimum Gasteiger partial charge on any atom is -0.381 e. The molecule has 2 heterocycles. The second-order valence-electron chi connectivity index (χ2n) is 5.36. The summed E-state index contributed by atoms with van der Waals surface area (Å²) < 4.78 is 45.5. The Balaban J connectivity index is 2.09. The maximum absolute atomic E-state index is 12.8. The van der Waals surface area contributed by atoms with Crippen LogP contribution in [0.5, 0.6) is 0 Å². The first-order chi connectivity index (χ1) is 9.88. The number of benzene rings is 1. The fourth-order valence-corrected chi connectivity index (χ4v) is 3.12. The van der Waals surface area contributed by atoms with Crippen molar-refractivity contribution in [2.45, 2.75) is 25.6 Å². The van der Waals surface area contributed by atoms with E-state index in [-0.39, 0.29) is 22.8 Å². The van der Waals surface area contributed by atoms with Crippen molar-refractivity contribution >= 4 is 22.6 Å². The number of ether oxygens (including phenoxy) is 1. The predicted molar refractivity (Wildman–Crippen MR) is 73.4 cm³/mol. The molecule has 0 radical (unpaired) electrons. The SMILES string of the molecule is C[C@H]1COCC[C@@H]1n1c(Cl)nc2cc(C(F)(F)F)ccc21. The van der Waals surface area contributed by atoms with E-state index in [2.05, 4.69) is 4.98 Å². The summed E-state index contributed by atoms with van der Waals surface area (Å²) in [5.41, 5.74) is 0.191. The quantitative estimate of drug-likeness (QED) is 0.783. The van der Waals surface area contributed by atoms with Gasteiger partial charge in [0.05, 0.1) is 23.2 Å². The smallest absolute Gasteiger partial charge is 0.381 e. The molecule has 0 N–H and O–H groups in total. The largest absolute Gasteiger partial charge is 0.416 e. The molecule has 114 valence electrons. The highest BCUT2D eigenvalue weighted by Gasteiger charge is 2.32. The Kier molecular flexibility index (Phi) is 3.61. The Morgan fingerprint density at radius 3 is 2.81 bits per heavy atom. The highest BCUT2D eigenvalue weighted by atomic mass is 35.5. The number of halogens is 4. The molecule has 0 unspecified atom stereocenters. The van der Waals surface area contributed by atoms with Crippen LogP contribution in [0.3, 0.4) is 0 Å². The molecule has 1 saturated heterocycles. The molecule has 2 atom stereocenters. The molecule has 1 aliphatic heterocycles. The van der Waals surface area contributed by atoms with Crippen LogP contribution in [0.4, 0.5) is 13.2 Å². The molecule has 0 spiro atoms. The third-order valence-corrected chi connectivity index (χ3v) is 4.17. The summed E-state index contributed by atoms with van der Waals surface area (Å²) >= 11 is 6.16. The number of aromatic nitrogens is 2. The second kappa shape index (κ2) is 5.18. The first-order valence-corrected chi connectivity index (χ1v) is 7.08. The number of fused-ring (bicyclic) bond motifs is 1. The van der Waals surface area contributed by atoms with E-state index in [0.717, 1.165) is 18.6 Å². The van der Waals surface area contributed by atoms with E-state index in [4.69, 9.17) is 16.3 Å². The minimum atomic E-state index is -4.38. The monoisotopic (exact) mass is 318 g/mol. The lowest BCUT2D eigenvalue weighted by Crippen LogP contribution is -2.28. The van der Waals surface area contributed by atoms with Crippen LogP contribution in [0.25, 0.3) is 11.0 Å². The van der Waals surface area contributed by atoms with Gasteiger partial charge in [0.15, 0.2) is 0 Å². The molecule has 21 heavy (non-hydrogen) atoms. The van der Waals surface area contributed by atoms with Gasteiger partial charge in [-0.2, -0.15) is 13.2 Å².